The summed E-state index contributed by atoms with van der Waals surface area (Å²) in [7, 11) is 2.01. The molecule has 0 atom stereocenters. The summed E-state index contributed by atoms with van der Waals surface area (Å²) < 4.78 is 0. The first kappa shape index (κ1) is 12.6. The van der Waals surface area contributed by atoms with Gasteiger partial charge in [-0.25, -0.2) is 0 Å². The van der Waals surface area contributed by atoms with Gasteiger partial charge in [0, 0.05) is 20.0 Å². The first-order valence-corrected chi connectivity index (χ1v) is 5.78. The number of fused-ring (bicyclic) bond motifs is 1. The molecule has 0 aliphatic carbocycles. The van der Waals surface area contributed by atoms with Gasteiger partial charge in [-0.05, 0) is 24.6 Å². The van der Waals surface area contributed by atoms with E-state index in [4.69, 9.17) is 0 Å². The van der Waals surface area contributed by atoms with Crippen molar-refractivity contribution in [3.63, 3.8) is 0 Å². The lowest BCUT2D eigenvalue weighted by molar-refractivity contribution is -0.115. The molecule has 1 N–H and O–H groups in total. The van der Waals surface area contributed by atoms with Crippen molar-refractivity contribution >= 4 is 17.3 Å². The van der Waals surface area contributed by atoms with Crippen molar-refractivity contribution < 1.29 is 4.79 Å². The number of hydrogen-bond acceptors (Lipinski definition) is 2. The zero-order chi connectivity index (χ0) is 12.1. The number of anilines is 2. The molecule has 0 radical (unpaired) electrons. The van der Waals surface area contributed by atoms with E-state index < -0.39 is 0 Å². The minimum atomic E-state index is 0.0983. The number of rotatable bonds is 0. The zero-order valence-electron chi connectivity index (χ0n) is 10.5. The highest BCUT2D eigenvalue weighted by Crippen LogP contribution is 2.28. The summed E-state index contributed by atoms with van der Waals surface area (Å²) in [6.07, 6.45) is 0.560. The molecule has 1 aromatic carbocycles. The van der Waals surface area contributed by atoms with Crippen molar-refractivity contribution in [3.05, 3.63) is 23.8 Å². The summed E-state index contributed by atoms with van der Waals surface area (Å²) in [5, 5.41) is 2.91. The standard InChI is InChI=1S/C11H14N2O.C2H6/c1-8-3-4-10-9(7-8)12-11(14)5-6-13(10)2;1-2/h3-4,7H,5-6H2,1-2H3,(H,12,14);1-2H3. The Morgan fingerprint density at radius 2 is 2.00 bits per heavy atom. The highest BCUT2D eigenvalue weighted by molar-refractivity contribution is 5.96. The van der Waals surface area contributed by atoms with Gasteiger partial charge < -0.3 is 10.2 Å². The molecule has 0 bridgehead atoms. The average Bonchev–Trinajstić information content (AvgIpc) is 2.41. The normalized spacial score (nSPS) is 14.2. The van der Waals surface area contributed by atoms with Crippen LogP contribution >= 0.6 is 0 Å². The van der Waals surface area contributed by atoms with Crippen molar-refractivity contribution in [2.75, 3.05) is 23.8 Å². The number of nitrogens with one attached hydrogen (secondary N) is 1. The Hall–Kier alpha value is -1.51. The second-order valence-electron chi connectivity index (χ2n) is 3.74. The molecule has 1 aromatic rings. The second kappa shape index (κ2) is 5.54. The van der Waals surface area contributed by atoms with Crippen LogP contribution in [0.4, 0.5) is 11.4 Å². The quantitative estimate of drug-likeness (QED) is 0.729. The maximum atomic E-state index is 11.4. The van der Waals surface area contributed by atoms with Gasteiger partial charge in [-0.2, -0.15) is 0 Å². The van der Waals surface area contributed by atoms with Crippen LogP contribution in [0.1, 0.15) is 25.8 Å². The van der Waals surface area contributed by atoms with Gasteiger partial charge in [-0.15, -0.1) is 0 Å². The molecule has 3 heteroatoms. The molecular formula is C13H20N2O. The van der Waals surface area contributed by atoms with Crippen LogP contribution in [-0.2, 0) is 4.79 Å². The molecule has 0 aromatic heterocycles. The SMILES string of the molecule is CC.Cc1ccc2c(c1)NC(=O)CCN2C. The van der Waals surface area contributed by atoms with Crippen LogP contribution in [0.15, 0.2) is 18.2 Å². The van der Waals surface area contributed by atoms with Crippen molar-refractivity contribution in [3.8, 4) is 0 Å². The number of carbonyl (C=O) groups is 1. The number of carbonyl (C=O) groups excluding carboxylic acids is 1. The minimum absolute atomic E-state index is 0.0983. The Morgan fingerprint density at radius 1 is 1.31 bits per heavy atom. The van der Waals surface area contributed by atoms with E-state index in [2.05, 4.69) is 22.3 Å². The molecule has 2 rings (SSSR count). The Labute approximate surface area is 97.5 Å². The predicted molar refractivity (Wildman–Crippen MR) is 69.0 cm³/mol. The largest absolute Gasteiger partial charge is 0.372 e. The molecule has 0 saturated carbocycles. The van der Waals surface area contributed by atoms with Crippen molar-refractivity contribution in [1.29, 1.82) is 0 Å². The molecule has 1 aliphatic heterocycles. The number of aryl methyl sites for hydroxylation is 1. The van der Waals surface area contributed by atoms with Gasteiger partial charge in [0.25, 0.3) is 0 Å². The fourth-order valence-corrected chi connectivity index (χ4v) is 1.69. The Kier molecular flexibility index (Phi) is 4.35. The van der Waals surface area contributed by atoms with E-state index in [1.165, 1.54) is 5.56 Å². The number of nitrogens with zero attached hydrogens (tertiary/aromatic N) is 1. The highest BCUT2D eigenvalue weighted by Gasteiger charge is 2.15. The average molecular weight is 220 g/mol. The lowest BCUT2D eigenvalue weighted by atomic mass is 10.2. The highest BCUT2D eigenvalue weighted by atomic mass is 16.1. The predicted octanol–water partition coefficient (Wildman–Crippen LogP) is 2.80. The monoisotopic (exact) mass is 220 g/mol. The van der Waals surface area contributed by atoms with Crippen LogP contribution in [0.5, 0.6) is 0 Å². The van der Waals surface area contributed by atoms with E-state index in [0.717, 1.165) is 17.9 Å². The van der Waals surface area contributed by atoms with Crippen LogP contribution in [0.2, 0.25) is 0 Å². The van der Waals surface area contributed by atoms with Gasteiger partial charge in [0.1, 0.15) is 0 Å². The number of hydrogen-bond donors (Lipinski definition) is 1. The van der Waals surface area contributed by atoms with Gasteiger partial charge in [-0.1, -0.05) is 19.9 Å². The number of benzene rings is 1. The third-order valence-corrected chi connectivity index (χ3v) is 2.51. The van der Waals surface area contributed by atoms with Gasteiger partial charge in [-0.3, -0.25) is 4.79 Å². The molecule has 0 saturated heterocycles. The minimum Gasteiger partial charge on any atom is -0.372 e. The summed E-state index contributed by atoms with van der Waals surface area (Å²) >= 11 is 0. The van der Waals surface area contributed by atoms with E-state index in [9.17, 15) is 4.79 Å². The lowest BCUT2D eigenvalue weighted by Gasteiger charge is -2.18. The van der Waals surface area contributed by atoms with E-state index in [-0.39, 0.29) is 5.91 Å². The topological polar surface area (TPSA) is 32.3 Å². The molecule has 88 valence electrons. The van der Waals surface area contributed by atoms with Crippen LogP contribution in [-0.4, -0.2) is 19.5 Å². The van der Waals surface area contributed by atoms with E-state index in [1.54, 1.807) is 0 Å². The van der Waals surface area contributed by atoms with Gasteiger partial charge in [0.2, 0.25) is 5.91 Å². The van der Waals surface area contributed by atoms with Crippen molar-refractivity contribution in [2.24, 2.45) is 0 Å². The fourth-order valence-electron chi connectivity index (χ4n) is 1.69. The smallest absolute Gasteiger partial charge is 0.226 e. The van der Waals surface area contributed by atoms with E-state index in [0.29, 0.717) is 6.42 Å². The zero-order valence-corrected chi connectivity index (χ0v) is 10.5. The van der Waals surface area contributed by atoms with Crippen molar-refractivity contribution in [2.45, 2.75) is 27.2 Å². The molecule has 3 nitrogen and oxygen atoms in total. The van der Waals surface area contributed by atoms with Crippen LogP contribution in [0, 0.1) is 6.92 Å². The second-order valence-corrected chi connectivity index (χ2v) is 3.74. The van der Waals surface area contributed by atoms with Gasteiger partial charge in [0.15, 0.2) is 0 Å². The summed E-state index contributed by atoms with van der Waals surface area (Å²) in [6.45, 7) is 6.80. The van der Waals surface area contributed by atoms with Gasteiger partial charge >= 0.3 is 0 Å². The van der Waals surface area contributed by atoms with Gasteiger partial charge in [0.05, 0.1) is 11.4 Å². The molecule has 1 amide bonds. The summed E-state index contributed by atoms with van der Waals surface area (Å²) in [4.78, 5) is 13.5. The third kappa shape index (κ3) is 2.75. The summed E-state index contributed by atoms with van der Waals surface area (Å²) in [5.74, 6) is 0.0983. The first-order valence-electron chi connectivity index (χ1n) is 5.78. The fraction of sp³-hybridized carbons (Fsp3) is 0.462. The van der Waals surface area contributed by atoms with Crippen molar-refractivity contribution in [1.82, 2.24) is 0 Å². The maximum absolute atomic E-state index is 11.4. The van der Waals surface area contributed by atoms with E-state index in [1.807, 2.05) is 33.9 Å². The molecule has 0 fully saturated rings. The summed E-state index contributed by atoms with van der Waals surface area (Å²) in [5.41, 5.74) is 3.19. The molecular weight excluding hydrogens is 200 g/mol. The van der Waals surface area contributed by atoms with Crippen LogP contribution in [0.25, 0.3) is 0 Å². The Morgan fingerprint density at radius 3 is 2.69 bits per heavy atom. The molecule has 16 heavy (non-hydrogen) atoms. The molecule has 1 heterocycles. The van der Waals surface area contributed by atoms with Crippen LogP contribution < -0.4 is 10.2 Å². The molecule has 1 aliphatic rings. The Bertz CT molecular complexity index is 374. The molecule has 0 unspecified atom stereocenters. The lowest BCUT2D eigenvalue weighted by Crippen LogP contribution is -2.18. The molecule has 0 spiro atoms. The first-order chi connectivity index (χ1) is 7.66. The maximum Gasteiger partial charge on any atom is 0.226 e. The Balaban J connectivity index is 0.000000606. The van der Waals surface area contributed by atoms with E-state index >= 15 is 0 Å². The summed E-state index contributed by atoms with van der Waals surface area (Å²) in [6, 6.07) is 6.12. The number of amides is 1. The third-order valence-electron chi connectivity index (χ3n) is 2.51. The van der Waals surface area contributed by atoms with Crippen LogP contribution in [0.3, 0.4) is 0 Å².